The Morgan fingerprint density at radius 3 is 1.50 bits per heavy atom. The molecule has 2 rings (SSSR count). The summed E-state index contributed by atoms with van der Waals surface area (Å²) in [6.07, 6.45) is 4.21. The summed E-state index contributed by atoms with van der Waals surface area (Å²) < 4.78 is 61.8. The Balaban J connectivity index is 0.000000295. The van der Waals surface area contributed by atoms with Crippen molar-refractivity contribution in [1.82, 2.24) is 0 Å². The summed E-state index contributed by atoms with van der Waals surface area (Å²) in [4.78, 5) is 0. The second kappa shape index (κ2) is 5.44. The van der Waals surface area contributed by atoms with Gasteiger partial charge >= 0.3 is 36.4 Å². The second-order valence-electron chi connectivity index (χ2n) is 5.17. The summed E-state index contributed by atoms with van der Waals surface area (Å²) in [7, 11) is 0. The number of rotatable bonds is 2. The number of hydrogen-bond acceptors (Lipinski definition) is 0. The van der Waals surface area contributed by atoms with Gasteiger partial charge in [0, 0.05) is 31.5 Å². The predicted molar refractivity (Wildman–Crippen MR) is 73.9 cm³/mol. The summed E-state index contributed by atoms with van der Waals surface area (Å²) in [5, 5.41) is 0. The van der Waals surface area contributed by atoms with Crippen molar-refractivity contribution in [3.63, 3.8) is 0 Å². The molecule has 1 nitrogen and oxygen atoms in total. The molecule has 0 spiro atoms. The zero-order valence-corrected chi connectivity index (χ0v) is 14.5. The van der Waals surface area contributed by atoms with Crippen LogP contribution in [0, 0.1) is 0 Å². The average Bonchev–Trinajstić information content (AvgIpc) is 2.37. The molecule has 8 heteroatoms. The van der Waals surface area contributed by atoms with E-state index in [4.69, 9.17) is 0 Å². The Morgan fingerprint density at radius 2 is 1.09 bits per heavy atom. The van der Waals surface area contributed by atoms with E-state index in [0.717, 1.165) is 0 Å². The van der Waals surface area contributed by atoms with Gasteiger partial charge < -0.3 is 0 Å². The fourth-order valence-electron chi connectivity index (χ4n) is 1.77. The molecule has 0 aliphatic heterocycles. The first-order valence-corrected chi connectivity index (χ1v) is 12.0. The van der Waals surface area contributed by atoms with Crippen molar-refractivity contribution in [2.45, 2.75) is 19.4 Å². The van der Waals surface area contributed by atoms with Crippen LogP contribution in [0.4, 0.5) is 16.9 Å². The maximum absolute atomic E-state index is 11.2. The fourth-order valence-corrected chi connectivity index (χ4v) is 1.77. The molecule has 0 unspecified atom stereocenters. The van der Waals surface area contributed by atoms with E-state index < -0.39 is 19.5 Å². The first kappa shape index (κ1) is 18.8. The third-order valence-electron chi connectivity index (χ3n) is 2.84. The van der Waals surface area contributed by atoms with Crippen LogP contribution in [-0.4, -0.2) is 19.5 Å². The first-order chi connectivity index (χ1) is 9.66. The minimum absolute atomic E-state index is 0.00250. The van der Waals surface area contributed by atoms with Gasteiger partial charge in [0.2, 0.25) is 0 Å². The Hall–Kier alpha value is -1.23. The summed E-state index contributed by atoms with van der Waals surface area (Å²) in [6.45, 7) is 4.45. The Morgan fingerprint density at radius 1 is 0.727 bits per heavy atom. The SMILES string of the molecule is CC(C)(c1ccccc1)[n+]1ccccc1.[F][Sb-]([F])([F])([F])([F])[F]. The number of pyridine rings is 1. The van der Waals surface area contributed by atoms with Gasteiger partial charge in [-0.3, -0.25) is 0 Å². The summed E-state index contributed by atoms with van der Waals surface area (Å²) in [5.41, 5.74) is 1.32. The van der Waals surface area contributed by atoms with Crippen molar-refractivity contribution in [3.05, 3.63) is 66.5 Å². The zero-order chi connectivity index (χ0) is 17.1. The van der Waals surface area contributed by atoms with Crippen LogP contribution in [0.15, 0.2) is 60.9 Å². The van der Waals surface area contributed by atoms with Gasteiger partial charge in [-0.15, -0.1) is 0 Å². The van der Waals surface area contributed by atoms with E-state index >= 15 is 0 Å². The molecule has 0 atom stereocenters. The van der Waals surface area contributed by atoms with E-state index in [0.29, 0.717) is 0 Å². The molecule has 0 fully saturated rings. The predicted octanol–water partition coefficient (Wildman–Crippen LogP) is 4.90. The first-order valence-electron chi connectivity index (χ1n) is 6.25. The molecule has 2 aromatic rings. The monoisotopic (exact) mass is 433 g/mol. The molecule has 0 amide bonds. The van der Waals surface area contributed by atoms with Crippen LogP contribution in [0.3, 0.4) is 0 Å². The molecule has 0 N–H and O–H groups in total. The second-order valence-corrected chi connectivity index (χ2v) is 10.6. The molecule has 0 aliphatic carbocycles. The van der Waals surface area contributed by atoms with Gasteiger partial charge in [0.1, 0.15) is 0 Å². The van der Waals surface area contributed by atoms with Crippen LogP contribution in [0.1, 0.15) is 19.4 Å². The molecule has 1 aromatic carbocycles. The van der Waals surface area contributed by atoms with Crippen molar-refractivity contribution in [2.24, 2.45) is 0 Å². The zero-order valence-electron chi connectivity index (χ0n) is 11.9. The van der Waals surface area contributed by atoms with Crippen molar-refractivity contribution in [2.75, 3.05) is 0 Å². The van der Waals surface area contributed by atoms with Crippen molar-refractivity contribution >= 4 is 19.5 Å². The number of aromatic nitrogens is 1. The van der Waals surface area contributed by atoms with Gasteiger partial charge in [-0.25, -0.2) is 0 Å². The van der Waals surface area contributed by atoms with Gasteiger partial charge in [-0.1, -0.05) is 36.4 Å². The maximum atomic E-state index is 9.93. The molecule has 0 bridgehead atoms. The molecule has 124 valence electrons. The van der Waals surface area contributed by atoms with Crippen molar-refractivity contribution < 1.29 is 21.4 Å². The van der Waals surface area contributed by atoms with Crippen LogP contribution in [0.2, 0.25) is 0 Å². The number of hydrogen-bond donors (Lipinski definition) is 0. The summed E-state index contributed by atoms with van der Waals surface area (Å²) in [5.74, 6) is 0. The van der Waals surface area contributed by atoms with Crippen LogP contribution < -0.4 is 4.57 Å². The van der Waals surface area contributed by atoms with Gasteiger partial charge in [0.15, 0.2) is 17.9 Å². The van der Waals surface area contributed by atoms with Crippen LogP contribution in [-0.2, 0) is 5.54 Å². The van der Waals surface area contributed by atoms with Gasteiger partial charge in [0.05, 0.1) is 0 Å². The van der Waals surface area contributed by atoms with E-state index in [2.05, 4.69) is 73.3 Å². The molecule has 0 radical (unpaired) electrons. The quantitative estimate of drug-likeness (QED) is 0.360. The standard InChI is InChI=1S/C14H16N.6FH.Sb/c1-14(2,13-9-5-3-6-10-13)15-11-7-4-8-12-15;;;;;;;/h3-12H,1-2H3;6*1H;/q+1;;;;;;;+5/p-6. The minimum atomic E-state index is -11.2. The fraction of sp³-hybridized carbons (Fsp3) is 0.214. The van der Waals surface area contributed by atoms with Gasteiger partial charge in [0.25, 0.3) is 0 Å². The normalized spacial score (nSPS) is 15.1. The Bertz CT molecular complexity index is 555. The number of nitrogens with zero attached hydrogens (tertiary/aromatic N) is 1. The molecule has 1 heterocycles. The topological polar surface area (TPSA) is 3.88 Å². The van der Waals surface area contributed by atoms with Gasteiger partial charge in [-0.05, 0) is 0 Å². The number of benzene rings is 1. The number of halogens is 6. The Kier molecular flexibility index (Phi) is 4.66. The van der Waals surface area contributed by atoms with E-state index in [1.54, 1.807) is 0 Å². The third-order valence-corrected chi connectivity index (χ3v) is 2.84. The van der Waals surface area contributed by atoms with Crippen LogP contribution in [0.25, 0.3) is 0 Å². The molecule has 0 saturated carbocycles. The summed E-state index contributed by atoms with van der Waals surface area (Å²) in [6, 6.07) is 16.7. The summed E-state index contributed by atoms with van der Waals surface area (Å²) >= 11 is -11.2. The third kappa shape index (κ3) is 8.27. The molecule has 0 aliphatic rings. The average molecular weight is 434 g/mol. The van der Waals surface area contributed by atoms with E-state index in [1.807, 2.05) is 6.07 Å². The van der Waals surface area contributed by atoms with Crippen molar-refractivity contribution in [3.8, 4) is 0 Å². The van der Waals surface area contributed by atoms with Crippen LogP contribution in [0.5, 0.6) is 0 Å². The molecular weight excluding hydrogens is 418 g/mol. The molecule has 0 saturated heterocycles. The molecule has 22 heavy (non-hydrogen) atoms. The molecular formula is C14H16F6NSb. The van der Waals surface area contributed by atoms with Crippen molar-refractivity contribution in [1.29, 1.82) is 0 Å². The van der Waals surface area contributed by atoms with E-state index in [-0.39, 0.29) is 5.54 Å². The van der Waals surface area contributed by atoms with E-state index in [9.17, 15) is 16.9 Å². The van der Waals surface area contributed by atoms with Gasteiger partial charge in [-0.2, -0.15) is 4.57 Å². The van der Waals surface area contributed by atoms with Crippen LogP contribution >= 0.6 is 0 Å². The Labute approximate surface area is 127 Å². The van der Waals surface area contributed by atoms with E-state index in [1.165, 1.54) is 5.56 Å². The molecule has 1 aromatic heterocycles.